The van der Waals surface area contributed by atoms with E-state index in [-0.39, 0.29) is 6.09 Å². The molecule has 3 aromatic rings. The van der Waals surface area contributed by atoms with Crippen LogP contribution in [0.15, 0.2) is 12.3 Å². The topological polar surface area (TPSA) is 83.1 Å². The predicted molar refractivity (Wildman–Crippen MR) is 121 cm³/mol. The molecule has 0 aliphatic rings. The van der Waals surface area contributed by atoms with E-state index >= 15 is 0 Å². The molecule has 0 atom stereocenters. The third-order valence-corrected chi connectivity index (χ3v) is 5.88. The molecule has 0 fully saturated rings. The Morgan fingerprint density at radius 3 is 2.80 bits per heavy atom. The van der Waals surface area contributed by atoms with Gasteiger partial charge in [0.2, 0.25) is 11.7 Å². The van der Waals surface area contributed by atoms with Gasteiger partial charge in [0.25, 0.3) is 0 Å². The van der Waals surface area contributed by atoms with Crippen LogP contribution in [0.3, 0.4) is 0 Å². The zero-order chi connectivity index (χ0) is 21.9. The number of imidazole rings is 1. The van der Waals surface area contributed by atoms with Gasteiger partial charge in [-0.25, -0.2) is 9.78 Å². The van der Waals surface area contributed by atoms with Crippen LogP contribution in [0.2, 0.25) is 0 Å². The highest BCUT2D eigenvalue weighted by molar-refractivity contribution is 7.19. The average Bonchev–Trinajstić information content (AvgIpc) is 3.18. The molecule has 0 radical (unpaired) electrons. The maximum Gasteiger partial charge on any atom is 0.407 e. The van der Waals surface area contributed by atoms with Crippen LogP contribution < -0.4 is 10.0 Å². The fourth-order valence-electron chi connectivity index (χ4n) is 3.53. The number of aryl methyl sites for hydroxylation is 3. The van der Waals surface area contributed by atoms with Crippen molar-refractivity contribution in [1.29, 1.82) is 0 Å². The first-order chi connectivity index (χ1) is 14.2. The molecule has 164 valence electrons. The highest BCUT2D eigenvalue weighted by atomic mass is 32.1. The Morgan fingerprint density at radius 1 is 1.33 bits per heavy atom. The van der Waals surface area contributed by atoms with Crippen LogP contribution >= 0.6 is 11.3 Å². The second-order valence-corrected chi connectivity index (χ2v) is 9.94. The van der Waals surface area contributed by atoms with Crippen molar-refractivity contribution in [1.82, 2.24) is 14.9 Å². The molecule has 0 aliphatic heterocycles. The van der Waals surface area contributed by atoms with E-state index in [0.717, 1.165) is 69.8 Å². The van der Waals surface area contributed by atoms with Crippen LogP contribution in [-0.4, -0.2) is 27.8 Å². The van der Waals surface area contributed by atoms with Gasteiger partial charge in [0.15, 0.2) is 5.52 Å². The molecule has 7 nitrogen and oxygen atoms in total. The third kappa shape index (κ3) is 5.22. The second-order valence-electron chi connectivity index (χ2n) is 8.68. The number of rotatable bonds is 8. The molecule has 1 amide bonds. The van der Waals surface area contributed by atoms with E-state index in [9.17, 15) is 10.0 Å². The van der Waals surface area contributed by atoms with E-state index in [4.69, 9.17) is 9.72 Å². The Balaban J connectivity index is 1.76. The predicted octanol–water partition coefficient (Wildman–Crippen LogP) is 4.84. The van der Waals surface area contributed by atoms with E-state index in [1.165, 1.54) is 0 Å². The van der Waals surface area contributed by atoms with Crippen LogP contribution in [0.25, 0.3) is 21.3 Å². The maximum absolute atomic E-state index is 12.4. The second kappa shape index (κ2) is 9.20. The van der Waals surface area contributed by atoms with Crippen LogP contribution in [0.5, 0.6) is 0 Å². The Hall–Kier alpha value is -2.35. The van der Waals surface area contributed by atoms with Gasteiger partial charge in [-0.05, 0) is 47.0 Å². The summed E-state index contributed by atoms with van der Waals surface area (Å²) in [7, 11) is 0. The number of hydrogen-bond donors (Lipinski definition) is 1. The molecule has 8 heteroatoms. The van der Waals surface area contributed by atoms with Gasteiger partial charge < -0.3 is 19.8 Å². The summed E-state index contributed by atoms with van der Waals surface area (Å²) in [6.07, 6.45) is 6.01. The van der Waals surface area contributed by atoms with Gasteiger partial charge in [-0.1, -0.05) is 13.3 Å². The standard InChI is InChI=1S/C22H32N4O3S/c1-6-7-10-18-24-16-14-26(28)17-13-15(2)30-20(17)19(16)25(18)12-9-8-11-23-21(27)29-22(3,4)5/h13-14H,6-12H2,1-5H3,(H,23,27). The molecule has 30 heavy (non-hydrogen) atoms. The molecule has 3 heterocycles. The normalized spacial score (nSPS) is 12.0. The molecule has 3 aromatic heterocycles. The number of carbonyl (C=O) groups is 1. The monoisotopic (exact) mass is 432 g/mol. The van der Waals surface area contributed by atoms with E-state index in [1.54, 1.807) is 17.5 Å². The number of alkyl carbamates (subject to hydrolysis) is 1. The average molecular weight is 433 g/mol. The Kier molecular flexibility index (Phi) is 6.85. The van der Waals surface area contributed by atoms with Crippen LogP contribution in [0.4, 0.5) is 4.79 Å². The quantitative estimate of drug-likeness (QED) is 0.314. The van der Waals surface area contributed by atoms with E-state index in [0.29, 0.717) is 12.1 Å². The van der Waals surface area contributed by atoms with Crippen molar-refractivity contribution in [2.75, 3.05) is 6.54 Å². The van der Waals surface area contributed by atoms with E-state index in [2.05, 4.69) is 16.8 Å². The van der Waals surface area contributed by atoms with Gasteiger partial charge in [-0.3, -0.25) is 0 Å². The Labute approximate surface area is 181 Å². The molecule has 1 N–H and O–H groups in total. The molecular formula is C22H32N4O3S. The lowest BCUT2D eigenvalue weighted by Crippen LogP contribution is -2.33. The molecule has 0 saturated carbocycles. The zero-order valence-electron chi connectivity index (χ0n) is 18.6. The van der Waals surface area contributed by atoms with Crippen molar-refractivity contribution in [3.05, 3.63) is 28.2 Å². The summed E-state index contributed by atoms with van der Waals surface area (Å²) in [5.41, 5.74) is 2.04. The van der Waals surface area contributed by atoms with Crippen molar-refractivity contribution < 1.29 is 14.3 Å². The Morgan fingerprint density at radius 2 is 2.10 bits per heavy atom. The molecule has 0 aromatic carbocycles. The minimum Gasteiger partial charge on any atom is -0.618 e. The largest absolute Gasteiger partial charge is 0.618 e. The lowest BCUT2D eigenvalue weighted by molar-refractivity contribution is -0.575. The molecule has 3 rings (SSSR count). The smallest absolute Gasteiger partial charge is 0.407 e. The summed E-state index contributed by atoms with van der Waals surface area (Å²) >= 11 is 1.64. The number of ether oxygens (including phenoxy) is 1. The van der Waals surface area contributed by atoms with Crippen LogP contribution in [-0.2, 0) is 17.7 Å². The summed E-state index contributed by atoms with van der Waals surface area (Å²) in [6, 6.07) is 1.94. The molecule has 0 saturated heterocycles. The van der Waals surface area contributed by atoms with Crippen molar-refractivity contribution in [2.45, 2.75) is 78.9 Å². The lowest BCUT2D eigenvalue weighted by Gasteiger charge is -2.19. The molecule has 0 bridgehead atoms. The number of nitrogens with one attached hydrogen (secondary N) is 1. The van der Waals surface area contributed by atoms with Crippen molar-refractivity contribution in [3.63, 3.8) is 0 Å². The highest BCUT2D eigenvalue weighted by Crippen LogP contribution is 2.31. The minimum absolute atomic E-state index is 0.380. The molecular weight excluding hydrogens is 400 g/mol. The molecule has 0 spiro atoms. The third-order valence-electron chi connectivity index (χ3n) is 4.83. The SMILES string of the molecule is CCCCc1nc2c[n+]([O-])c3cc(C)sc3c2n1CCCCNC(=O)OC(C)(C)C. The van der Waals surface area contributed by atoms with Gasteiger partial charge in [0, 0.05) is 30.5 Å². The number of nitrogens with zero attached hydrogens (tertiary/aromatic N) is 3. The van der Waals surface area contributed by atoms with E-state index < -0.39 is 5.60 Å². The highest BCUT2D eigenvalue weighted by Gasteiger charge is 2.20. The lowest BCUT2D eigenvalue weighted by atomic mass is 10.2. The summed E-state index contributed by atoms with van der Waals surface area (Å²) < 4.78 is 9.49. The van der Waals surface area contributed by atoms with Crippen molar-refractivity contribution >= 4 is 38.7 Å². The van der Waals surface area contributed by atoms with Crippen molar-refractivity contribution in [3.8, 4) is 0 Å². The van der Waals surface area contributed by atoms with Gasteiger partial charge in [0.05, 0.1) is 5.52 Å². The number of unbranched alkanes of at least 4 members (excludes halogenated alkanes) is 2. The number of carbonyl (C=O) groups excluding carboxylic acids is 1. The summed E-state index contributed by atoms with van der Waals surface area (Å²) in [4.78, 5) is 17.7. The van der Waals surface area contributed by atoms with Crippen LogP contribution in [0, 0.1) is 12.1 Å². The van der Waals surface area contributed by atoms with Crippen molar-refractivity contribution in [2.24, 2.45) is 0 Å². The fourth-order valence-corrected chi connectivity index (χ4v) is 4.59. The number of pyridine rings is 1. The van der Waals surface area contributed by atoms with Gasteiger partial charge >= 0.3 is 6.09 Å². The van der Waals surface area contributed by atoms with Gasteiger partial charge in [-0.15, -0.1) is 11.3 Å². The van der Waals surface area contributed by atoms with Gasteiger partial charge in [-0.2, -0.15) is 4.73 Å². The first-order valence-corrected chi connectivity index (χ1v) is 11.5. The maximum atomic E-state index is 12.4. The van der Waals surface area contributed by atoms with E-state index in [1.807, 2.05) is 33.8 Å². The minimum atomic E-state index is -0.489. The zero-order valence-corrected chi connectivity index (χ0v) is 19.4. The number of hydrogen-bond acceptors (Lipinski definition) is 5. The fraction of sp³-hybridized carbons (Fsp3) is 0.591. The van der Waals surface area contributed by atoms with Crippen LogP contribution in [0.1, 0.15) is 64.1 Å². The molecule has 0 aliphatic carbocycles. The first kappa shape index (κ1) is 22.3. The summed E-state index contributed by atoms with van der Waals surface area (Å²) in [6.45, 7) is 11.1. The number of amides is 1. The Bertz CT molecular complexity index is 1030. The number of aromatic nitrogens is 3. The summed E-state index contributed by atoms with van der Waals surface area (Å²) in [5.74, 6) is 1.03. The number of fused-ring (bicyclic) bond motifs is 3. The number of thiophene rings is 1. The van der Waals surface area contributed by atoms with Gasteiger partial charge in [0.1, 0.15) is 16.1 Å². The first-order valence-electron chi connectivity index (χ1n) is 10.7. The molecule has 0 unspecified atom stereocenters. The summed E-state index contributed by atoms with van der Waals surface area (Å²) in [5, 5.41) is 15.2.